The predicted molar refractivity (Wildman–Crippen MR) is 111 cm³/mol. The topological polar surface area (TPSA) is 91.9 Å². The minimum Gasteiger partial charge on any atom is -0.325 e. The number of Topliss-reactive ketones (excluding diaryl/α,β-unsaturated/α-hetero) is 1. The van der Waals surface area contributed by atoms with E-state index >= 15 is 0 Å². The number of amides is 1. The number of rotatable bonds is 6. The van der Waals surface area contributed by atoms with Gasteiger partial charge in [-0.25, -0.2) is 9.37 Å². The van der Waals surface area contributed by atoms with Gasteiger partial charge in [-0.1, -0.05) is 18.2 Å². The van der Waals surface area contributed by atoms with Gasteiger partial charge in [0, 0.05) is 33.5 Å². The molecule has 0 atom stereocenters. The van der Waals surface area contributed by atoms with Crippen molar-refractivity contribution in [3.05, 3.63) is 76.0 Å². The number of carbonyl (C=O) groups is 2. The molecule has 0 aliphatic rings. The highest BCUT2D eigenvalue weighted by Gasteiger charge is 2.10. The monoisotopic (exact) mass is 411 g/mol. The van der Waals surface area contributed by atoms with Crippen LogP contribution in [-0.4, -0.2) is 27.4 Å². The Morgan fingerprint density at radius 1 is 1.17 bits per heavy atom. The molecule has 2 aromatic carbocycles. The molecule has 3 rings (SSSR count). The van der Waals surface area contributed by atoms with Crippen molar-refractivity contribution in [2.75, 3.05) is 11.1 Å². The van der Waals surface area contributed by atoms with Gasteiger partial charge in [-0.15, -0.1) is 11.8 Å². The molecular formula is C21H18FN3O3S. The Hall–Kier alpha value is -3.26. The second-order valence-electron chi connectivity index (χ2n) is 6.35. The molecule has 29 heavy (non-hydrogen) atoms. The lowest BCUT2D eigenvalue weighted by atomic mass is 10.1. The van der Waals surface area contributed by atoms with E-state index in [1.807, 2.05) is 0 Å². The van der Waals surface area contributed by atoms with Gasteiger partial charge in [0.2, 0.25) is 5.91 Å². The van der Waals surface area contributed by atoms with Crippen molar-refractivity contribution in [3.8, 4) is 11.4 Å². The lowest BCUT2D eigenvalue weighted by molar-refractivity contribution is -0.113. The molecule has 3 aromatic rings. The van der Waals surface area contributed by atoms with E-state index in [1.165, 1.54) is 31.2 Å². The van der Waals surface area contributed by atoms with Gasteiger partial charge in [-0.2, -0.15) is 0 Å². The molecule has 0 saturated heterocycles. The summed E-state index contributed by atoms with van der Waals surface area (Å²) in [5.74, 6) is -0.657. The van der Waals surface area contributed by atoms with Gasteiger partial charge in [0.05, 0.1) is 5.75 Å². The summed E-state index contributed by atoms with van der Waals surface area (Å²) in [6.07, 6.45) is 0. The van der Waals surface area contributed by atoms with E-state index in [2.05, 4.69) is 15.3 Å². The number of hydrogen-bond donors (Lipinski definition) is 2. The number of H-pyrrole nitrogens is 1. The van der Waals surface area contributed by atoms with Crippen LogP contribution in [0.25, 0.3) is 11.4 Å². The van der Waals surface area contributed by atoms with E-state index < -0.39 is 5.82 Å². The first-order chi connectivity index (χ1) is 13.8. The molecule has 2 N–H and O–H groups in total. The first-order valence-electron chi connectivity index (χ1n) is 8.73. The maximum absolute atomic E-state index is 14.1. The number of ketones is 1. The molecule has 0 aliphatic carbocycles. The maximum Gasteiger partial charge on any atom is 0.251 e. The van der Waals surface area contributed by atoms with Crippen LogP contribution in [0.5, 0.6) is 0 Å². The van der Waals surface area contributed by atoms with Crippen LogP contribution < -0.4 is 10.9 Å². The van der Waals surface area contributed by atoms with Crippen LogP contribution in [-0.2, 0) is 4.79 Å². The lowest BCUT2D eigenvalue weighted by Gasteiger charge is -2.08. The summed E-state index contributed by atoms with van der Waals surface area (Å²) in [5.41, 5.74) is 1.81. The van der Waals surface area contributed by atoms with Gasteiger partial charge in [-0.3, -0.25) is 14.4 Å². The summed E-state index contributed by atoms with van der Waals surface area (Å²) in [6, 6.07) is 12.5. The number of nitrogens with zero attached hydrogens (tertiary/aromatic N) is 1. The van der Waals surface area contributed by atoms with E-state index in [4.69, 9.17) is 0 Å². The van der Waals surface area contributed by atoms with Crippen molar-refractivity contribution in [3.63, 3.8) is 0 Å². The number of aryl methyl sites for hydroxylation is 1. The van der Waals surface area contributed by atoms with Gasteiger partial charge >= 0.3 is 0 Å². The summed E-state index contributed by atoms with van der Waals surface area (Å²) in [7, 11) is 0. The Morgan fingerprint density at radius 3 is 2.66 bits per heavy atom. The van der Waals surface area contributed by atoms with Gasteiger partial charge in [0.25, 0.3) is 5.56 Å². The largest absolute Gasteiger partial charge is 0.325 e. The Balaban J connectivity index is 1.67. The summed E-state index contributed by atoms with van der Waals surface area (Å²) >= 11 is 1.04. The van der Waals surface area contributed by atoms with Crippen LogP contribution >= 0.6 is 11.8 Å². The van der Waals surface area contributed by atoms with Crippen molar-refractivity contribution in [2.24, 2.45) is 0 Å². The highest BCUT2D eigenvalue weighted by atomic mass is 32.2. The second kappa shape index (κ2) is 8.83. The molecule has 1 amide bonds. The zero-order chi connectivity index (χ0) is 21.0. The number of halogens is 1. The number of anilines is 1. The number of benzene rings is 2. The minimum absolute atomic E-state index is 0.0000932. The standard InChI is InChI=1S/C21H18FN3O3S/c1-12-8-19(27)25-21(23-12)15-4-3-5-16(9-15)24-20(28)11-29-18-7-6-14(13(2)26)10-17(18)22/h3-10H,11H2,1-2H3,(H,24,28)(H,23,25,27). The summed E-state index contributed by atoms with van der Waals surface area (Å²) in [6.45, 7) is 3.09. The van der Waals surface area contributed by atoms with Crippen LogP contribution in [0.15, 0.2) is 58.2 Å². The van der Waals surface area contributed by atoms with Crippen molar-refractivity contribution in [1.82, 2.24) is 9.97 Å². The smallest absolute Gasteiger partial charge is 0.251 e. The molecule has 1 aromatic heterocycles. The molecule has 0 bridgehead atoms. The Kier molecular flexibility index (Phi) is 6.23. The van der Waals surface area contributed by atoms with E-state index in [0.29, 0.717) is 27.7 Å². The molecule has 0 unspecified atom stereocenters. The van der Waals surface area contributed by atoms with Crippen LogP contribution in [0.2, 0.25) is 0 Å². The van der Waals surface area contributed by atoms with Gasteiger partial charge < -0.3 is 10.3 Å². The molecule has 0 radical (unpaired) electrons. The number of aromatic nitrogens is 2. The number of aromatic amines is 1. The van der Waals surface area contributed by atoms with Crippen LogP contribution in [0.1, 0.15) is 23.0 Å². The van der Waals surface area contributed by atoms with Crippen LogP contribution in [0, 0.1) is 12.7 Å². The zero-order valence-corrected chi connectivity index (χ0v) is 16.6. The zero-order valence-electron chi connectivity index (χ0n) is 15.8. The Labute approximate surface area is 170 Å². The molecule has 6 nitrogen and oxygen atoms in total. The molecule has 0 saturated carbocycles. The quantitative estimate of drug-likeness (QED) is 0.475. The molecular weight excluding hydrogens is 393 g/mol. The summed E-state index contributed by atoms with van der Waals surface area (Å²) in [4.78, 5) is 42.4. The number of nitrogens with one attached hydrogen (secondary N) is 2. The SMILES string of the molecule is CC(=O)c1ccc(SCC(=O)Nc2cccc(-c3nc(C)cc(=O)[nH]3)c2)c(F)c1. The average molecular weight is 411 g/mol. The molecule has 148 valence electrons. The fourth-order valence-electron chi connectivity index (χ4n) is 2.64. The second-order valence-corrected chi connectivity index (χ2v) is 7.37. The van der Waals surface area contributed by atoms with E-state index in [9.17, 15) is 18.8 Å². The van der Waals surface area contributed by atoms with Crippen LogP contribution in [0.4, 0.5) is 10.1 Å². The van der Waals surface area contributed by atoms with Gasteiger partial charge in [0.1, 0.15) is 11.6 Å². The third-order valence-electron chi connectivity index (χ3n) is 3.99. The number of hydrogen-bond acceptors (Lipinski definition) is 5. The van der Waals surface area contributed by atoms with Crippen molar-refractivity contribution in [1.29, 1.82) is 0 Å². The predicted octanol–water partition coefficient (Wildman–Crippen LogP) is 3.82. The highest BCUT2D eigenvalue weighted by Crippen LogP contribution is 2.24. The first-order valence-corrected chi connectivity index (χ1v) is 9.72. The average Bonchev–Trinajstić information content (AvgIpc) is 2.66. The molecule has 8 heteroatoms. The molecule has 0 spiro atoms. The Morgan fingerprint density at radius 2 is 1.97 bits per heavy atom. The van der Waals surface area contributed by atoms with E-state index in [1.54, 1.807) is 31.2 Å². The summed E-state index contributed by atoms with van der Waals surface area (Å²) < 4.78 is 14.1. The third-order valence-corrected chi connectivity index (χ3v) is 5.04. The lowest BCUT2D eigenvalue weighted by Crippen LogP contribution is -2.14. The maximum atomic E-state index is 14.1. The van der Waals surface area contributed by atoms with Crippen molar-refractivity contribution in [2.45, 2.75) is 18.7 Å². The van der Waals surface area contributed by atoms with E-state index in [0.717, 1.165) is 11.8 Å². The van der Waals surface area contributed by atoms with Gasteiger partial charge in [0.15, 0.2) is 5.78 Å². The molecule has 0 aliphatic heterocycles. The number of thioether (sulfide) groups is 1. The molecule has 1 heterocycles. The van der Waals surface area contributed by atoms with Crippen molar-refractivity contribution >= 4 is 29.1 Å². The number of carbonyl (C=O) groups excluding carboxylic acids is 2. The fourth-order valence-corrected chi connectivity index (χ4v) is 3.36. The minimum atomic E-state index is -0.535. The highest BCUT2D eigenvalue weighted by molar-refractivity contribution is 8.00. The van der Waals surface area contributed by atoms with Crippen LogP contribution in [0.3, 0.4) is 0 Å². The summed E-state index contributed by atoms with van der Waals surface area (Å²) in [5, 5.41) is 2.74. The fraction of sp³-hybridized carbons (Fsp3) is 0.143. The van der Waals surface area contributed by atoms with Crippen molar-refractivity contribution < 1.29 is 14.0 Å². The third kappa shape index (κ3) is 5.39. The van der Waals surface area contributed by atoms with Gasteiger partial charge in [-0.05, 0) is 38.1 Å². The molecule has 0 fully saturated rings. The first kappa shape index (κ1) is 20.5. The Bertz CT molecular complexity index is 1140. The van der Waals surface area contributed by atoms with E-state index in [-0.39, 0.29) is 28.6 Å². The normalized spacial score (nSPS) is 10.6.